The van der Waals surface area contributed by atoms with Crippen LogP contribution in [0.5, 0.6) is 0 Å². The number of nitrogens with one attached hydrogen (secondary N) is 1. The number of hydrogen-bond donors (Lipinski definition) is 2. The summed E-state index contributed by atoms with van der Waals surface area (Å²) in [5, 5.41) is 17.2. The lowest BCUT2D eigenvalue weighted by atomic mass is 10.2. The molecule has 1 aromatic heterocycles. The second-order valence-corrected chi connectivity index (χ2v) is 4.93. The average molecular weight is 318 g/mol. The smallest absolute Gasteiger partial charge is 0.378 e. The summed E-state index contributed by atoms with van der Waals surface area (Å²) in [6.07, 6.45) is 1.71. The second-order valence-electron chi connectivity index (χ2n) is 4.56. The van der Waals surface area contributed by atoms with E-state index in [0.717, 1.165) is 17.5 Å². The molecular weight excluding hydrogens is 302 g/mol. The van der Waals surface area contributed by atoms with E-state index in [1.807, 2.05) is 0 Å². The lowest BCUT2D eigenvalue weighted by molar-refractivity contribution is -0.390. The van der Waals surface area contributed by atoms with Crippen molar-refractivity contribution >= 4 is 23.1 Å². The molecule has 1 atom stereocenters. The van der Waals surface area contributed by atoms with Crippen LogP contribution in [0.2, 0.25) is 5.02 Å². The Bertz CT molecular complexity index is 585. The molecule has 1 aliphatic heterocycles. The Morgan fingerprint density at radius 1 is 1.57 bits per heavy atom. The van der Waals surface area contributed by atoms with E-state index in [1.165, 1.54) is 0 Å². The summed E-state index contributed by atoms with van der Waals surface area (Å²) < 4.78 is 6.45. The first-order valence-corrected chi connectivity index (χ1v) is 6.96. The zero-order chi connectivity index (χ0) is 15.4. The van der Waals surface area contributed by atoms with E-state index in [9.17, 15) is 14.9 Å². The normalized spacial score (nSPS) is 18.5. The van der Waals surface area contributed by atoms with E-state index < -0.39 is 22.5 Å². The summed E-state index contributed by atoms with van der Waals surface area (Å²) in [4.78, 5) is 22.7. The quantitative estimate of drug-likeness (QED) is 0.609. The van der Waals surface area contributed by atoms with E-state index in [2.05, 4.69) is 10.4 Å². The highest BCUT2D eigenvalue weighted by Gasteiger charge is 2.29. The van der Waals surface area contributed by atoms with Gasteiger partial charge < -0.3 is 25.9 Å². The highest BCUT2D eigenvalue weighted by atomic mass is 35.5. The molecule has 116 valence electrons. The standard InChI is InChI=1S/C11H16ClN5O4/c12-8-9(14-5-4-13)11(18)16(15-10(8)17(19)20)7-3-1-2-6-21-7/h7,14H,1-6,13H2. The van der Waals surface area contributed by atoms with Gasteiger partial charge in [-0.3, -0.25) is 4.79 Å². The molecule has 2 heterocycles. The zero-order valence-electron chi connectivity index (χ0n) is 11.2. The van der Waals surface area contributed by atoms with Crippen molar-refractivity contribution < 1.29 is 9.66 Å². The van der Waals surface area contributed by atoms with Crippen LogP contribution in [0.1, 0.15) is 25.5 Å². The minimum absolute atomic E-state index is 0.0713. The van der Waals surface area contributed by atoms with Crippen molar-refractivity contribution in [3.8, 4) is 0 Å². The molecule has 0 bridgehead atoms. The third-order valence-corrected chi connectivity index (χ3v) is 3.45. The molecule has 0 spiro atoms. The Labute approximate surface area is 125 Å². The summed E-state index contributed by atoms with van der Waals surface area (Å²) in [7, 11) is 0. The molecule has 0 aromatic carbocycles. The number of nitrogens with two attached hydrogens (primary N) is 1. The van der Waals surface area contributed by atoms with E-state index in [0.29, 0.717) is 13.0 Å². The zero-order valence-corrected chi connectivity index (χ0v) is 12.0. The van der Waals surface area contributed by atoms with Crippen molar-refractivity contribution in [1.29, 1.82) is 0 Å². The van der Waals surface area contributed by atoms with Gasteiger partial charge in [0.25, 0.3) is 0 Å². The fraction of sp³-hybridized carbons (Fsp3) is 0.636. The molecular formula is C11H16ClN5O4. The Hall–Kier alpha value is -1.71. The minimum atomic E-state index is -0.727. The minimum Gasteiger partial charge on any atom is -0.378 e. The van der Waals surface area contributed by atoms with Gasteiger partial charge in [0.15, 0.2) is 11.3 Å². The first kappa shape index (κ1) is 15.7. The first-order chi connectivity index (χ1) is 10.1. The van der Waals surface area contributed by atoms with Gasteiger partial charge >= 0.3 is 11.4 Å². The van der Waals surface area contributed by atoms with Crippen molar-refractivity contribution in [1.82, 2.24) is 9.78 Å². The topological polar surface area (TPSA) is 125 Å². The van der Waals surface area contributed by atoms with E-state index >= 15 is 0 Å². The van der Waals surface area contributed by atoms with Crippen LogP contribution < -0.4 is 16.6 Å². The molecule has 1 fully saturated rings. The largest absolute Gasteiger partial charge is 0.409 e. The van der Waals surface area contributed by atoms with Gasteiger partial charge in [0, 0.05) is 19.7 Å². The molecule has 0 radical (unpaired) electrons. The molecule has 1 saturated heterocycles. The lowest BCUT2D eigenvalue weighted by Gasteiger charge is -2.21. The summed E-state index contributed by atoms with van der Waals surface area (Å²) in [6, 6.07) is 0. The van der Waals surface area contributed by atoms with Crippen molar-refractivity contribution in [2.45, 2.75) is 25.5 Å². The van der Waals surface area contributed by atoms with Crippen molar-refractivity contribution in [3.05, 3.63) is 25.5 Å². The van der Waals surface area contributed by atoms with Crippen LogP contribution in [0, 0.1) is 10.1 Å². The van der Waals surface area contributed by atoms with Crippen LogP contribution in [-0.4, -0.2) is 34.4 Å². The number of anilines is 1. The molecule has 10 heteroatoms. The number of aromatic nitrogens is 2. The number of ether oxygens (including phenoxy) is 1. The monoisotopic (exact) mass is 317 g/mol. The van der Waals surface area contributed by atoms with E-state index in [4.69, 9.17) is 22.1 Å². The SMILES string of the molecule is NCCNc1c(Cl)c([N+](=O)[O-])nn(C2CCCCO2)c1=O. The molecule has 0 saturated carbocycles. The van der Waals surface area contributed by atoms with Crippen LogP contribution in [0.4, 0.5) is 11.5 Å². The Kier molecular flexibility index (Phi) is 5.10. The van der Waals surface area contributed by atoms with Gasteiger partial charge in [-0.05, 0) is 24.2 Å². The maximum atomic E-state index is 12.4. The van der Waals surface area contributed by atoms with Gasteiger partial charge in [0.05, 0.1) is 5.10 Å². The lowest BCUT2D eigenvalue weighted by Crippen LogP contribution is -2.34. The molecule has 1 aromatic rings. The van der Waals surface area contributed by atoms with E-state index in [-0.39, 0.29) is 23.8 Å². The summed E-state index contributed by atoms with van der Waals surface area (Å²) >= 11 is 5.89. The van der Waals surface area contributed by atoms with Crippen LogP contribution in [0.25, 0.3) is 0 Å². The van der Waals surface area contributed by atoms with E-state index in [1.54, 1.807) is 0 Å². The second kappa shape index (κ2) is 6.83. The molecule has 2 rings (SSSR count). The van der Waals surface area contributed by atoms with Crippen molar-refractivity contribution in [2.24, 2.45) is 5.73 Å². The molecule has 3 N–H and O–H groups in total. The summed E-state index contributed by atoms with van der Waals surface area (Å²) in [5.41, 5.74) is 4.75. The maximum absolute atomic E-state index is 12.4. The molecule has 1 unspecified atom stereocenters. The van der Waals surface area contributed by atoms with Gasteiger partial charge in [-0.25, -0.2) is 0 Å². The molecule has 1 aliphatic rings. The number of nitrogens with zero attached hydrogens (tertiary/aromatic N) is 3. The summed E-state index contributed by atoms with van der Waals surface area (Å²) in [5.74, 6) is -0.579. The van der Waals surface area contributed by atoms with Crippen LogP contribution in [-0.2, 0) is 4.74 Å². The maximum Gasteiger partial charge on any atom is 0.409 e. The number of hydrogen-bond acceptors (Lipinski definition) is 7. The third kappa shape index (κ3) is 3.31. The molecule has 9 nitrogen and oxygen atoms in total. The molecule has 21 heavy (non-hydrogen) atoms. The Balaban J connectivity index is 2.50. The highest BCUT2D eigenvalue weighted by Crippen LogP contribution is 2.29. The Morgan fingerprint density at radius 2 is 2.33 bits per heavy atom. The first-order valence-electron chi connectivity index (χ1n) is 6.58. The number of rotatable bonds is 5. The molecule has 0 amide bonds. The number of nitro groups is 1. The van der Waals surface area contributed by atoms with Crippen molar-refractivity contribution in [3.63, 3.8) is 0 Å². The van der Waals surface area contributed by atoms with Crippen molar-refractivity contribution in [2.75, 3.05) is 25.0 Å². The predicted molar refractivity (Wildman–Crippen MR) is 76.5 cm³/mol. The van der Waals surface area contributed by atoms with Gasteiger partial charge in [0.2, 0.25) is 0 Å². The number of halogens is 1. The highest BCUT2D eigenvalue weighted by molar-refractivity contribution is 6.34. The van der Waals surface area contributed by atoms with Crippen LogP contribution >= 0.6 is 11.6 Å². The van der Waals surface area contributed by atoms with Crippen LogP contribution in [0.15, 0.2) is 4.79 Å². The summed E-state index contributed by atoms with van der Waals surface area (Å²) in [6.45, 7) is 1.01. The Morgan fingerprint density at radius 3 is 2.90 bits per heavy atom. The average Bonchev–Trinajstić information content (AvgIpc) is 2.48. The van der Waals surface area contributed by atoms with Gasteiger partial charge in [-0.1, -0.05) is 11.6 Å². The predicted octanol–water partition coefficient (Wildman–Crippen LogP) is 0.875. The third-order valence-electron chi connectivity index (χ3n) is 3.09. The van der Waals surface area contributed by atoms with Gasteiger partial charge in [-0.15, -0.1) is 4.68 Å². The van der Waals surface area contributed by atoms with Crippen LogP contribution in [0.3, 0.4) is 0 Å². The van der Waals surface area contributed by atoms with Gasteiger partial charge in [-0.2, -0.15) is 0 Å². The molecule has 0 aliphatic carbocycles. The fourth-order valence-corrected chi connectivity index (χ4v) is 2.34. The fourth-order valence-electron chi connectivity index (χ4n) is 2.09. The van der Waals surface area contributed by atoms with Gasteiger partial charge in [0.1, 0.15) is 5.69 Å².